The van der Waals surface area contributed by atoms with Crippen molar-refractivity contribution in [3.8, 4) is 0 Å². The Labute approximate surface area is 197 Å². The van der Waals surface area contributed by atoms with Crippen LogP contribution in [0, 0.1) is 0 Å². The summed E-state index contributed by atoms with van der Waals surface area (Å²) in [6, 6.07) is 26.9. The number of benzene rings is 4. The lowest BCUT2D eigenvalue weighted by Crippen LogP contribution is -2.30. The minimum Gasteiger partial charge on any atom is -0.449 e. The van der Waals surface area contributed by atoms with E-state index in [1.807, 2.05) is 36.4 Å². The lowest BCUT2D eigenvalue weighted by Gasteiger charge is -2.15. The van der Waals surface area contributed by atoms with Gasteiger partial charge < -0.3 is 10.1 Å². The fourth-order valence-electron chi connectivity index (χ4n) is 3.37. The Morgan fingerprint density at radius 1 is 0.824 bits per heavy atom. The number of carbonyl (C=O) groups excluding carboxylic acids is 2. The molecule has 1 unspecified atom stereocenters. The van der Waals surface area contributed by atoms with Crippen molar-refractivity contribution < 1.29 is 22.7 Å². The Kier molecular flexibility index (Phi) is 6.60. The number of fused-ring (bicyclic) bond motifs is 1. The Morgan fingerprint density at radius 3 is 2.29 bits per heavy atom. The molecule has 0 aliphatic heterocycles. The summed E-state index contributed by atoms with van der Waals surface area (Å²) in [5.41, 5.74) is 0.924. The van der Waals surface area contributed by atoms with E-state index < -0.39 is 28.0 Å². The van der Waals surface area contributed by atoms with Crippen LogP contribution in [0.2, 0.25) is 0 Å². The molecule has 4 rings (SSSR count). The standard InChI is InChI=1S/C26H22N2O5S/c1-18(25(29)27-24-16-8-10-19-9-5-6-15-23(19)24)33-26(30)20-11-7-12-21(17-20)28-34(31,32)22-13-3-2-4-14-22/h2-18,28H,1H3,(H,27,29). The molecule has 4 aromatic carbocycles. The zero-order valence-electron chi connectivity index (χ0n) is 18.3. The van der Waals surface area contributed by atoms with Gasteiger partial charge in [0.15, 0.2) is 6.10 Å². The minimum absolute atomic E-state index is 0.0988. The van der Waals surface area contributed by atoms with Crippen LogP contribution in [0.25, 0.3) is 10.8 Å². The smallest absolute Gasteiger partial charge is 0.338 e. The monoisotopic (exact) mass is 474 g/mol. The Hall–Kier alpha value is -4.17. The molecular formula is C26H22N2O5S. The Bertz CT molecular complexity index is 1450. The van der Waals surface area contributed by atoms with Gasteiger partial charge in [-0.25, -0.2) is 13.2 Å². The van der Waals surface area contributed by atoms with Crippen LogP contribution in [0.1, 0.15) is 17.3 Å². The molecule has 0 heterocycles. The second kappa shape index (κ2) is 9.76. The van der Waals surface area contributed by atoms with Gasteiger partial charge in [-0.15, -0.1) is 0 Å². The van der Waals surface area contributed by atoms with Crippen LogP contribution in [0.3, 0.4) is 0 Å². The average Bonchev–Trinajstić information content (AvgIpc) is 2.84. The van der Waals surface area contributed by atoms with E-state index in [4.69, 9.17) is 4.74 Å². The summed E-state index contributed by atoms with van der Waals surface area (Å²) >= 11 is 0. The topological polar surface area (TPSA) is 102 Å². The molecule has 34 heavy (non-hydrogen) atoms. The maximum absolute atomic E-state index is 12.7. The second-order valence-electron chi connectivity index (χ2n) is 7.56. The summed E-state index contributed by atoms with van der Waals surface area (Å²) in [7, 11) is -3.81. The van der Waals surface area contributed by atoms with Crippen molar-refractivity contribution in [1.29, 1.82) is 0 Å². The number of esters is 1. The molecule has 4 aromatic rings. The van der Waals surface area contributed by atoms with Gasteiger partial charge in [0.05, 0.1) is 10.5 Å². The fourth-order valence-corrected chi connectivity index (χ4v) is 4.44. The maximum Gasteiger partial charge on any atom is 0.338 e. The van der Waals surface area contributed by atoms with Gasteiger partial charge in [0.2, 0.25) is 0 Å². The minimum atomic E-state index is -3.81. The maximum atomic E-state index is 12.7. The third-order valence-corrected chi connectivity index (χ3v) is 6.50. The molecule has 0 fully saturated rings. The van der Waals surface area contributed by atoms with Crippen molar-refractivity contribution in [2.75, 3.05) is 10.0 Å². The van der Waals surface area contributed by atoms with E-state index in [1.54, 1.807) is 24.3 Å². The average molecular weight is 475 g/mol. The number of ether oxygens (including phenoxy) is 1. The molecule has 0 saturated carbocycles. The normalized spacial score (nSPS) is 12.0. The van der Waals surface area contributed by atoms with E-state index in [2.05, 4.69) is 10.0 Å². The fraction of sp³-hybridized carbons (Fsp3) is 0.0769. The molecule has 172 valence electrons. The third kappa shape index (κ3) is 5.24. The van der Waals surface area contributed by atoms with Gasteiger partial charge in [0.1, 0.15) is 0 Å². The number of rotatable bonds is 7. The molecular weight excluding hydrogens is 452 g/mol. The number of hydrogen-bond donors (Lipinski definition) is 2. The zero-order chi connectivity index (χ0) is 24.1. The number of amides is 1. The van der Waals surface area contributed by atoms with E-state index in [9.17, 15) is 18.0 Å². The molecule has 0 bridgehead atoms. The highest BCUT2D eigenvalue weighted by Crippen LogP contribution is 2.23. The highest BCUT2D eigenvalue weighted by atomic mass is 32.2. The van der Waals surface area contributed by atoms with Gasteiger partial charge >= 0.3 is 5.97 Å². The molecule has 8 heteroatoms. The van der Waals surface area contributed by atoms with Crippen molar-refractivity contribution in [1.82, 2.24) is 0 Å². The lowest BCUT2D eigenvalue weighted by atomic mass is 10.1. The van der Waals surface area contributed by atoms with Crippen LogP contribution in [-0.2, 0) is 19.6 Å². The Balaban J connectivity index is 1.43. The van der Waals surface area contributed by atoms with Gasteiger partial charge in [-0.2, -0.15) is 0 Å². The molecule has 1 amide bonds. The first-order valence-electron chi connectivity index (χ1n) is 10.5. The van der Waals surface area contributed by atoms with Crippen LogP contribution in [-0.4, -0.2) is 26.4 Å². The molecule has 0 aliphatic carbocycles. The van der Waals surface area contributed by atoms with Crippen LogP contribution >= 0.6 is 0 Å². The molecule has 7 nitrogen and oxygen atoms in total. The summed E-state index contributed by atoms with van der Waals surface area (Å²) in [5, 5.41) is 4.64. The molecule has 2 N–H and O–H groups in total. The van der Waals surface area contributed by atoms with Gasteiger partial charge in [0, 0.05) is 16.8 Å². The molecule has 0 aromatic heterocycles. The van der Waals surface area contributed by atoms with E-state index in [-0.39, 0.29) is 16.1 Å². The predicted octanol–water partition coefficient (Wildman–Crippen LogP) is 4.82. The van der Waals surface area contributed by atoms with Crippen molar-refractivity contribution in [3.05, 3.63) is 103 Å². The first-order chi connectivity index (χ1) is 16.3. The molecule has 0 saturated heterocycles. The second-order valence-corrected chi connectivity index (χ2v) is 9.25. The van der Waals surface area contributed by atoms with Crippen molar-refractivity contribution in [2.24, 2.45) is 0 Å². The van der Waals surface area contributed by atoms with Crippen LogP contribution in [0.15, 0.2) is 102 Å². The van der Waals surface area contributed by atoms with Crippen molar-refractivity contribution in [3.63, 3.8) is 0 Å². The molecule has 1 atom stereocenters. The summed E-state index contributed by atoms with van der Waals surface area (Å²) in [6.45, 7) is 1.47. The lowest BCUT2D eigenvalue weighted by molar-refractivity contribution is -0.123. The number of carbonyl (C=O) groups is 2. The highest BCUT2D eigenvalue weighted by Gasteiger charge is 2.21. The van der Waals surface area contributed by atoms with Crippen molar-refractivity contribution in [2.45, 2.75) is 17.9 Å². The summed E-state index contributed by atoms with van der Waals surface area (Å²) < 4.78 is 32.8. The molecule has 0 radical (unpaired) electrons. The first-order valence-corrected chi connectivity index (χ1v) is 12.0. The number of hydrogen-bond acceptors (Lipinski definition) is 5. The molecule has 0 spiro atoms. The van der Waals surface area contributed by atoms with E-state index in [1.165, 1.54) is 43.3 Å². The van der Waals surface area contributed by atoms with E-state index >= 15 is 0 Å². The van der Waals surface area contributed by atoms with Crippen LogP contribution in [0.5, 0.6) is 0 Å². The van der Waals surface area contributed by atoms with Crippen LogP contribution in [0.4, 0.5) is 11.4 Å². The van der Waals surface area contributed by atoms with E-state index in [0.717, 1.165) is 10.8 Å². The third-order valence-electron chi connectivity index (χ3n) is 5.10. The first kappa shape index (κ1) is 23.0. The van der Waals surface area contributed by atoms with Crippen molar-refractivity contribution >= 4 is 44.0 Å². The predicted molar refractivity (Wildman–Crippen MR) is 131 cm³/mol. The van der Waals surface area contributed by atoms with Gasteiger partial charge in [-0.3, -0.25) is 9.52 Å². The van der Waals surface area contributed by atoms with Gasteiger partial charge in [0.25, 0.3) is 15.9 Å². The van der Waals surface area contributed by atoms with E-state index in [0.29, 0.717) is 5.69 Å². The summed E-state index contributed by atoms with van der Waals surface area (Å²) in [6.07, 6.45) is -1.07. The largest absolute Gasteiger partial charge is 0.449 e. The number of anilines is 2. The van der Waals surface area contributed by atoms with Gasteiger partial charge in [-0.05, 0) is 48.7 Å². The summed E-state index contributed by atoms with van der Waals surface area (Å²) in [5.74, 6) is -1.23. The SMILES string of the molecule is CC(OC(=O)c1cccc(NS(=O)(=O)c2ccccc2)c1)C(=O)Nc1cccc2ccccc12. The quantitative estimate of drug-likeness (QED) is 0.374. The van der Waals surface area contributed by atoms with Gasteiger partial charge in [-0.1, -0.05) is 60.7 Å². The molecule has 0 aliphatic rings. The number of nitrogens with one attached hydrogen (secondary N) is 2. The Morgan fingerprint density at radius 2 is 1.50 bits per heavy atom. The van der Waals surface area contributed by atoms with Crippen LogP contribution < -0.4 is 10.0 Å². The summed E-state index contributed by atoms with van der Waals surface area (Å²) in [4.78, 5) is 25.4. The zero-order valence-corrected chi connectivity index (χ0v) is 19.1. The highest BCUT2D eigenvalue weighted by molar-refractivity contribution is 7.92. The number of sulfonamides is 1.